The summed E-state index contributed by atoms with van der Waals surface area (Å²) in [5, 5.41) is 3.17. The van der Waals surface area contributed by atoms with E-state index in [1.165, 1.54) is 17.2 Å². The van der Waals surface area contributed by atoms with Gasteiger partial charge in [0.05, 0.1) is 6.54 Å². The summed E-state index contributed by atoms with van der Waals surface area (Å²) in [7, 11) is 0. The SMILES string of the molecule is O=C1CN(C(=O)c2cc(Cl)ccn2)CCCN1. The number of hydrogen-bond acceptors (Lipinski definition) is 3. The summed E-state index contributed by atoms with van der Waals surface area (Å²) in [6.45, 7) is 1.23. The molecule has 2 heterocycles. The molecule has 1 aromatic rings. The number of carbonyl (C=O) groups excluding carboxylic acids is 2. The van der Waals surface area contributed by atoms with Crippen molar-refractivity contribution in [1.82, 2.24) is 15.2 Å². The Morgan fingerprint density at radius 1 is 1.53 bits per heavy atom. The third-order valence-corrected chi connectivity index (χ3v) is 2.72. The summed E-state index contributed by atoms with van der Waals surface area (Å²) in [6, 6.07) is 3.11. The molecule has 0 aromatic carbocycles. The summed E-state index contributed by atoms with van der Waals surface area (Å²) >= 11 is 5.80. The zero-order valence-electron chi connectivity index (χ0n) is 9.15. The Bertz CT molecular complexity index is 450. The van der Waals surface area contributed by atoms with Gasteiger partial charge in [-0.25, -0.2) is 0 Å². The molecule has 1 aromatic heterocycles. The lowest BCUT2D eigenvalue weighted by Gasteiger charge is -2.18. The van der Waals surface area contributed by atoms with Crippen LogP contribution in [-0.2, 0) is 4.79 Å². The lowest BCUT2D eigenvalue weighted by Crippen LogP contribution is -2.37. The van der Waals surface area contributed by atoms with Gasteiger partial charge < -0.3 is 10.2 Å². The number of nitrogens with one attached hydrogen (secondary N) is 1. The Labute approximate surface area is 104 Å². The Morgan fingerprint density at radius 2 is 2.35 bits per heavy atom. The van der Waals surface area contributed by atoms with Crippen LogP contribution < -0.4 is 5.32 Å². The lowest BCUT2D eigenvalue weighted by atomic mass is 10.3. The van der Waals surface area contributed by atoms with E-state index in [0.717, 1.165) is 6.42 Å². The van der Waals surface area contributed by atoms with E-state index in [4.69, 9.17) is 11.6 Å². The van der Waals surface area contributed by atoms with Crippen LogP contribution in [0.15, 0.2) is 18.3 Å². The van der Waals surface area contributed by atoms with Gasteiger partial charge in [-0.05, 0) is 18.6 Å². The van der Waals surface area contributed by atoms with E-state index >= 15 is 0 Å². The zero-order valence-corrected chi connectivity index (χ0v) is 9.91. The van der Waals surface area contributed by atoms with Crippen molar-refractivity contribution in [3.8, 4) is 0 Å². The van der Waals surface area contributed by atoms with Crippen LogP contribution in [-0.4, -0.2) is 41.3 Å². The standard InChI is InChI=1S/C11H12ClN3O2/c12-8-2-4-13-9(6-8)11(17)15-5-1-3-14-10(16)7-15/h2,4,6H,1,3,5,7H2,(H,14,16). The smallest absolute Gasteiger partial charge is 0.272 e. The van der Waals surface area contributed by atoms with Crippen molar-refractivity contribution >= 4 is 23.4 Å². The molecule has 0 aliphatic carbocycles. The summed E-state index contributed by atoms with van der Waals surface area (Å²) in [4.78, 5) is 28.9. The maximum Gasteiger partial charge on any atom is 0.272 e. The van der Waals surface area contributed by atoms with Crippen LogP contribution in [0, 0.1) is 0 Å². The third kappa shape index (κ3) is 2.94. The molecule has 0 spiro atoms. The maximum absolute atomic E-state index is 12.1. The Morgan fingerprint density at radius 3 is 3.12 bits per heavy atom. The second-order valence-corrected chi connectivity index (χ2v) is 4.23. The second-order valence-electron chi connectivity index (χ2n) is 3.79. The fourth-order valence-corrected chi connectivity index (χ4v) is 1.82. The highest BCUT2D eigenvalue weighted by Crippen LogP contribution is 2.11. The van der Waals surface area contributed by atoms with E-state index in [1.807, 2.05) is 0 Å². The molecule has 90 valence electrons. The molecule has 2 amide bonds. The monoisotopic (exact) mass is 253 g/mol. The largest absolute Gasteiger partial charge is 0.354 e. The molecule has 1 fully saturated rings. The predicted molar refractivity (Wildman–Crippen MR) is 62.8 cm³/mol. The highest BCUT2D eigenvalue weighted by atomic mass is 35.5. The van der Waals surface area contributed by atoms with E-state index in [-0.39, 0.29) is 24.1 Å². The van der Waals surface area contributed by atoms with E-state index < -0.39 is 0 Å². The van der Waals surface area contributed by atoms with Crippen molar-refractivity contribution in [1.29, 1.82) is 0 Å². The van der Waals surface area contributed by atoms with Crippen molar-refractivity contribution < 1.29 is 9.59 Å². The number of rotatable bonds is 1. The third-order valence-electron chi connectivity index (χ3n) is 2.49. The van der Waals surface area contributed by atoms with Crippen LogP contribution >= 0.6 is 11.6 Å². The average molecular weight is 254 g/mol. The number of hydrogen-bond donors (Lipinski definition) is 1. The highest BCUT2D eigenvalue weighted by molar-refractivity contribution is 6.30. The first-order chi connectivity index (χ1) is 8.16. The van der Waals surface area contributed by atoms with E-state index in [1.54, 1.807) is 6.07 Å². The van der Waals surface area contributed by atoms with Gasteiger partial charge in [-0.3, -0.25) is 14.6 Å². The Hall–Kier alpha value is -1.62. The summed E-state index contributed by atoms with van der Waals surface area (Å²) in [5.41, 5.74) is 0.271. The molecule has 0 radical (unpaired) electrons. The predicted octanol–water partition coefficient (Wildman–Crippen LogP) is 0.697. The Kier molecular flexibility index (Phi) is 3.58. The number of nitrogens with zero attached hydrogens (tertiary/aromatic N) is 2. The van der Waals surface area contributed by atoms with Crippen LogP contribution in [0.1, 0.15) is 16.9 Å². The fourth-order valence-electron chi connectivity index (χ4n) is 1.66. The molecule has 0 bridgehead atoms. The highest BCUT2D eigenvalue weighted by Gasteiger charge is 2.21. The second kappa shape index (κ2) is 5.14. The molecular formula is C11H12ClN3O2. The van der Waals surface area contributed by atoms with Gasteiger partial charge in [-0.2, -0.15) is 0 Å². The topological polar surface area (TPSA) is 62.3 Å². The summed E-state index contributed by atoms with van der Waals surface area (Å²) in [5.74, 6) is -0.401. The lowest BCUT2D eigenvalue weighted by molar-refractivity contribution is -0.121. The first-order valence-corrected chi connectivity index (χ1v) is 5.72. The van der Waals surface area contributed by atoms with Crippen LogP contribution in [0.5, 0.6) is 0 Å². The van der Waals surface area contributed by atoms with Crippen molar-refractivity contribution in [3.63, 3.8) is 0 Å². The number of pyridine rings is 1. The van der Waals surface area contributed by atoms with E-state index in [0.29, 0.717) is 18.1 Å². The van der Waals surface area contributed by atoms with Crippen LogP contribution in [0.2, 0.25) is 5.02 Å². The van der Waals surface area contributed by atoms with Gasteiger partial charge in [0.1, 0.15) is 5.69 Å². The molecule has 0 unspecified atom stereocenters. The van der Waals surface area contributed by atoms with E-state index in [2.05, 4.69) is 10.3 Å². The van der Waals surface area contributed by atoms with Gasteiger partial charge in [0.15, 0.2) is 0 Å². The number of carbonyl (C=O) groups is 2. The number of aromatic nitrogens is 1. The van der Waals surface area contributed by atoms with Crippen molar-refractivity contribution in [2.45, 2.75) is 6.42 Å². The number of amides is 2. The molecule has 5 nitrogen and oxygen atoms in total. The molecule has 6 heteroatoms. The van der Waals surface area contributed by atoms with Crippen molar-refractivity contribution in [2.75, 3.05) is 19.6 Å². The van der Waals surface area contributed by atoms with Crippen molar-refractivity contribution in [3.05, 3.63) is 29.0 Å². The van der Waals surface area contributed by atoms with Gasteiger partial charge in [-0.15, -0.1) is 0 Å². The maximum atomic E-state index is 12.1. The molecule has 1 N–H and O–H groups in total. The summed E-state index contributed by atoms with van der Waals surface area (Å²) < 4.78 is 0. The van der Waals surface area contributed by atoms with Gasteiger partial charge in [0, 0.05) is 24.3 Å². The van der Waals surface area contributed by atoms with Gasteiger partial charge in [-0.1, -0.05) is 11.6 Å². The molecular weight excluding hydrogens is 242 g/mol. The minimum absolute atomic E-state index is 0.0764. The van der Waals surface area contributed by atoms with Gasteiger partial charge in [0.25, 0.3) is 5.91 Å². The van der Waals surface area contributed by atoms with E-state index in [9.17, 15) is 9.59 Å². The average Bonchev–Trinajstić information content (AvgIpc) is 2.53. The molecule has 0 atom stereocenters. The molecule has 17 heavy (non-hydrogen) atoms. The van der Waals surface area contributed by atoms with Gasteiger partial charge in [0.2, 0.25) is 5.91 Å². The minimum atomic E-state index is -0.260. The first-order valence-electron chi connectivity index (χ1n) is 5.34. The molecule has 0 saturated carbocycles. The molecule has 1 aliphatic rings. The quantitative estimate of drug-likeness (QED) is 0.801. The first kappa shape index (κ1) is 11.9. The van der Waals surface area contributed by atoms with Crippen LogP contribution in [0.4, 0.5) is 0 Å². The van der Waals surface area contributed by atoms with Crippen molar-refractivity contribution in [2.24, 2.45) is 0 Å². The fraction of sp³-hybridized carbons (Fsp3) is 0.364. The normalized spacial score (nSPS) is 16.3. The number of halogens is 1. The molecule has 2 rings (SSSR count). The minimum Gasteiger partial charge on any atom is -0.354 e. The van der Waals surface area contributed by atoms with Crippen LogP contribution in [0.25, 0.3) is 0 Å². The van der Waals surface area contributed by atoms with Crippen LogP contribution in [0.3, 0.4) is 0 Å². The van der Waals surface area contributed by atoms with Gasteiger partial charge >= 0.3 is 0 Å². The molecule has 1 saturated heterocycles. The summed E-state index contributed by atoms with van der Waals surface area (Å²) in [6.07, 6.45) is 2.23. The zero-order chi connectivity index (χ0) is 12.3. The molecule has 1 aliphatic heterocycles. The Balaban J connectivity index is 2.16.